The van der Waals surface area contributed by atoms with E-state index in [4.69, 9.17) is 14.9 Å². The van der Waals surface area contributed by atoms with Gasteiger partial charge in [-0.3, -0.25) is 9.10 Å². The van der Waals surface area contributed by atoms with Crippen molar-refractivity contribution in [3.05, 3.63) is 77.6 Å². The first-order chi connectivity index (χ1) is 19.6. The highest BCUT2D eigenvalue weighted by Gasteiger charge is 2.35. The van der Waals surface area contributed by atoms with Crippen LogP contribution in [0.3, 0.4) is 0 Å². The number of nitrogens with one attached hydrogen (secondary N) is 1. The number of ether oxygens (including phenoxy) is 1. The van der Waals surface area contributed by atoms with Gasteiger partial charge in [-0.25, -0.2) is 12.8 Å². The molecule has 1 atom stereocenters. The highest BCUT2D eigenvalue weighted by molar-refractivity contribution is 7.92. The smallest absolute Gasteiger partial charge is 0.255 e. The minimum absolute atomic E-state index is 0.202. The molecular formula is C31H34FN3O5S. The number of nitrogens with zero attached hydrogens (tertiary/aromatic N) is 1. The maximum Gasteiger partial charge on any atom is 0.255 e. The fraction of sp³-hybridized carbons (Fsp3) is 0.323. The third kappa shape index (κ3) is 5.94. The van der Waals surface area contributed by atoms with Crippen LogP contribution in [-0.2, 0) is 10.0 Å². The van der Waals surface area contributed by atoms with Gasteiger partial charge in [0.2, 0.25) is 10.0 Å². The fourth-order valence-electron chi connectivity index (χ4n) is 5.25. The molecule has 3 aromatic carbocycles. The zero-order valence-electron chi connectivity index (χ0n) is 23.3. The molecule has 1 aromatic heterocycles. The number of hydrogen-bond donors (Lipinski definition) is 2. The van der Waals surface area contributed by atoms with Gasteiger partial charge in [0.1, 0.15) is 28.7 Å². The third-order valence-corrected chi connectivity index (χ3v) is 8.58. The van der Waals surface area contributed by atoms with E-state index in [1.165, 1.54) is 34.8 Å². The quantitative estimate of drug-likeness (QED) is 0.220. The van der Waals surface area contributed by atoms with Crippen molar-refractivity contribution in [3.63, 3.8) is 0 Å². The van der Waals surface area contributed by atoms with Crippen LogP contribution in [0.4, 0.5) is 10.1 Å². The highest BCUT2D eigenvalue weighted by atomic mass is 32.2. The molecule has 1 heterocycles. The lowest BCUT2D eigenvalue weighted by molar-refractivity contribution is 0.0964. The van der Waals surface area contributed by atoms with Crippen LogP contribution in [0.25, 0.3) is 22.3 Å². The molecule has 0 saturated heterocycles. The Morgan fingerprint density at radius 2 is 1.76 bits per heavy atom. The molecule has 4 aromatic rings. The van der Waals surface area contributed by atoms with Crippen molar-refractivity contribution in [2.45, 2.75) is 44.6 Å². The summed E-state index contributed by atoms with van der Waals surface area (Å²) in [6.45, 7) is 2.31. The normalized spacial score (nSPS) is 14.2. The number of rotatable bonds is 11. The minimum atomic E-state index is -3.64. The summed E-state index contributed by atoms with van der Waals surface area (Å²) in [6, 6.07) is 16.1. The molecule has 1 saturated carbocycles. The van der Waals surface area contributed by atoms with Crippen molar-refractivity contribution in [1.82, 2.24) is 5.32 Å². The Labute approximate surface area is 239 Å². The Morgan fingerprint density at radius 1 is 1.12 bits per heavy atom. The number of hydrogen-bond acceptors (Lipinski definition) is 6. The van der Waals surface area contributed by atoms with Gasteiger partial charge in [-0.05, 0) is 98.3 Å². The van der Waals surface area contributed by atoms with Gasteiger partial charge in [-0.1, -0.05) is 6.92 Å². The molecule has 0 spiro atoms. The topological polar surface area (TPSA) is 115 Å². The first kappa shape index (κ1) is 28.6. The number of carbonyl (C=O) groups excluding carboxylic acids is 1. The van der Waals surface area contributed by atoms with Gasteiger partial charge in [0.05, 0.1) is 17.5 Å². The van der Waals surface area contributed by atoms with Gasteiger partial charge in [0.15, 0.2) is 0 Å². The molecule has 1 fully saturated rings. The predicted octanol–water partition coefficient (Wildman–Crippen LogP) is 6.16. The van der Waals surface area contributed by atoms with E-state index < -0.39 is 10.0 Å². The molecule has 10 heteroatoms. The summed E-state index contributed by atoms with van der Waals surface area (Å²) >= 11 is 0. The Kier molecular flexibility index (Phi) is 8.06. The summed E-state index contributed by atoms with van der Waals surface area (Å²) in [6.07, 6.45) is 4.22. The van der Waals surface area contributed by atoms with Gasteiger partial charge in [-0.15, -0.1) is 0 Å². The monoisotopic (exact) mass is 579 g/mol. The lowest BCUT2D eigenvalue weighted by atomic mass is 9.99. The van der Waals surface area contributed by atoms with Crippen LogP contribution in [-0.4, -0.2) is 40.2 Å². The van der Waals surface area contributed by atoms with Crippen LogP contribution in [0, 0.1) is 5.82 Å². The summed E-state index contributed by atoms with van der Waals surface area (Å²) in [5.41, 5.74) is 8.76. The Balaban J connectivity index is 1.63. The average Bonchev–Trinajstić information content (AvgIpc) is 3.73. The number of benzene rings is 3. The van der Waals surface area contributed by atoms with Crippen molar-refractivity contribution in [2.24, 2.45) is 5.73 Å². The van der Waals surface area contributed by atoms with E-state index in [9.17, 15) is 17.6 Å². The average molecular weight is 580 g/mol. The zero-order chi connectivity index (χ0) is 29.3. The molecule has 41 heavy (non-hydrogen) atoms. The number of anilines is 1. The number of furan rings is 1. The second-order valence-electron chi connectivity index (χ2n) is 10.3. The van der Waals surface area contributed by atoms with E-state index in [0.717, 1.165) is 18.4 Å². The number of halogens is 1. The van der Waals surface area contributed by atoms with Gasteiger partial charge >= 0.3 is 0 Å². The summed E-state index contributed by atoms with van der Waals surface area (Å²) in [4.78, 5) is 13.2. The number of carbonyl (C=O) groups is 1. The molecular weight excluding hydrogens is 545 g/mol. The molecule has 1 aliphatic rings. The van der Waals surface area contributed by atoms with Crippen LogP contribution in [0.2, 0.25) is 0 Å². The molecule has 1 aliphatic carbocycles. The zero-order valence-corrected chi connectivity index (χ0v) is 24.1. The van der Waals surface area contributed by atoms with E-state index in [0.29, 0.717) is 64.4 Å². The first-order valence-electron chi connectivity index (χ1n) is 13.7. The summed E-state index contributed by atoms with van der Waals surface area (Å²) < 4.78 is 53.1. The summed E-state index contributed by atoms with van der Waals surface area (Å²) in [7, 11) is -2.08. The molecule has 1 amide bonds. The third-order valence-electron chi connectivity index (χ3n) is 7.37. The number of sulfonamides is 1. The first-order valence-corrected chi connectivity index (χ1v) is 15.5. The summed E-state index contributed by atoms with van der Waals surface area (Å²) in [5.74, 6) is 0.931. The van der Waals surface area contributed by atoms with Crippen molar-refractivity contribution in [1.29, 1.82) is 0 Å². The SMILES string of the molecule is CCC(CCN)N(c1cc2oc(-c3ccc(Oc4ccc(F)cc4)cc3)c(C(=O)NC)c2cc1C1CC1)S(C)(=O)=O. The minimum Gasteiger partial charge on any atom is -0.457 e. The van der Waals surface area contributed by atoms with E-state index in [-0.39, 0.29) is 23.7 Å². The van der Waals surface area contributed by atoms with Gasteiger partial charge in [-0.2, -0.15) is 0 Å². The molecule has 0 radical (unpaired) electrons. The van der Waals surface area contributed by atoms with Gasteiger partial charge < -0.3 is 20.2 Å². The van der Waals surface area contributed by atoms with Crippen LogP contribution >= 0.6 is 0 Å². The predicted molar refractivity (Wildman–Crippen MR) is 159 cm³/mol. The van der Waals surface area contributed by atoms with E-state index in [1.54, 1.807) is 37.4 Å². The lowest BCUT2D eigenvalue weighted by Gasteiger charge is -2.32. The Hall–Kier alpha value is -3.89. The molecule has 3 N–H and O–H groups in total. The van der Waals surface area contributed by atoms with Crippen LogP contribution in [0.1, 0.15) is 54.4 Å². The largest absolute Gasteiger partial charge is 0.457 e. The van der Waals surface area contributed by atoms with E-state index in [2.05, 4.69) is 5.32 Å². The van der Waals surface area contributed by atoms with Crippen molar-refractivity contribution >= 4 is 32.6 Å². The molecule has 8 nitrogen and oxygen atoms in total. The molecule has 0 bridgehead atoms. The maximum absolute atomic E-state index is 13.2. The molecule has 216 valence electrons. The Bertz CT molecular complexity index is 1660. The number of fused-ring (bicyclic) bond motifs is 1. The summed E-state index contributed by atoms with van der Waals surface area (Å²) in [5, 5.41) is 3.34. The van der Waals surface area contributed by atoms with Crippen molar-refractivity contribution in [2.75, 3.05) is 24.2 Å². The second-order valence-corrected chi connectivity index (χ2v) is 12.2. The molecule has 1 unspecified atom stereocenters. The van der Waals surface area contributed by atoms with E-state index >= 15 is 0 Å². The highest BCUT2D eigenvalue weighted by Crippen LogP contribution is 2.48. The molecule has 5 rings (SSSR count). The van der Waals surface area contributed by atoms with Gasteiger partial charge in [0.25, 0.3) is 5.91 Å². The van der Waals surface area contributed by atoms with Crippen LogP contribution < -0.4 is 20.1 Å². The van der Waals surface area contributed by atoms with E-state index in [1.807, 2.05) is 13.0 Å². The fourth-order valence-corrected chi connectivity index (χ4v) is 6.57. The Morgan fingerprint density at radius 3 is 2.29 bits per heavy atom. The van der Waals surface area contributed by atoms with Crippen LogP contribution in [0.5, 0.6) is 11.5 Å². The maximum atomic E-state index is 13.2. The van der Waals surface area contributed by atoms with Crippen LogP contribution in [0.15, 0.2) is 65.1 Å². The second kappa shape index (κ2) is 11.5. The van der Waals surface area contributed by atoms with Gasteiger partial charge in [0, 0.05) is 30.1 Å². The number of nitrogens with two attached hydrogens (primary N) is 1. The van der Waals surface area contributed by atoms with Crippen molar-refractivity contribution < 1.29 is 26.8 Å². The lowest BCUT2D eigenvalue weighted by Crippen LogP contribution is -2.41. The van der Waals surface area contributed by atoms with Crippen molar-refractivity contribution in [3.8, 4) is 22.8 Å². The number of amides is 1. The standard InChI is InChI=1S/C31H34FN3O5S/c1-4-22(15-16-33)35(41(3,37)38)27-18-28-26(17-25(27)19-5-6-19)29(31(36)34-2)30(40-28)20-7-11-23(12-8-20)39-24-13-9-21(32)10-14-24/h7-14,17-19,22H,4-6,15-16,33H2,1-3H3,(H,34,36). The molecule has 0 aliphatic heterocycles.